The summed E-state index contributed by atoms with van der Waals surface area (Å²) in [6.07, 6.45) is 12.9. The van der Waals surface area contributed by atoms with Gasteiger partial charge < -0.3 is 15.1 Å². The highest BCUT2D eigenvalue weighted by molar-refractivity contribution is 6.38. The van der Waals surface area contributed by atoms with E-state index < -0.39 is 5.54 Å². The van der Waals surface area contributed by atoms with E-state index in [9.17, 15) is 9.59 Å². The highest BCUT2D eigenvalue weighted by atomic mass is 16.2. The highest BCUT2D eigenvalue weighted by Crippen LogP contribution is 2.40. The first-order valence-corrected chi connectivity index (χ1v) is 18.1. The van der Waals surface area contributed by atoms with Gasteiger partial charge in [-0.1, -0.05) is 87.1 Å². The topological polar surface area (TPSA) is 65.0 Å². The lowest BCUT2D eigenvalue weighted by Gasteiger charge is -2.47. The number of amides is 2. The van der Waals surface area contributed by atoms with E-state index in [0.29, 0.717) is 43.9 Å². The van der Waals surface area contributed by atoms with Gasteiger partial charge in [0.15, 0.2) is 5.84 Å². The molecule has 47 heavy (non-hydrogen) atoms. The summed E-state index contributed by atoms with van der Waals surface area (Å²) in [6, 6.07) is 16.7. The summed E-state index contributed by atoms with van der Waals surface area (Å²) in [6.45, 7) is 13.3. The number of hydrogen-bond acceptors (Lipinski definition) is 4. The van der Waals surface area contributed by atoms with Gasteiger partial charge in [-0.05, 0) is 105 Å². The summed E-state index contributed by atoms with van der Waals surface area (Å²) in [7, 11) is 0. The van der Waals surface area contributed by atoms with Gasteiger partial charge in [-0.15, -0.1) is 0 Å². The molecule has 1 saturated carbocycles. The minimum absolute atomic E-state index is 0.0595. The van der Waals surface area contributed by atoms with Crippen molar-refractivity contribution in [2.24, 2.45) is 16.8 Å². The molecule has 1 saturated heterocycles. The van der Waals surface area contributed by atoms with Gasteiger partial charge in [0.2, 0.25) is 0 Å². The molecule has 0 bridgehead atoms. The van der Waals surface area contributed by atoms with Crippen molar-refractivity contribution >= 4 is 23.2 Å². The number of amidine groups is 1. The Morgan fingerprint density at radius 1 is 0.957 bits per heavy atom. The SMILES string of the molecule is CC1=C(CC2CCCC2)CC(C)C(C)c2cc(C(=O)N3CCN(C(=O)C4=NCCC(c5ccccc5)=CN4)C(C)(C)C3)ccc2CC1. The molecule has 2 aromatic carbocycles. The summed E-state index contributed by atoms with van der Waals surface area (Å²) in [5, 5.41) is 3.21. The molecule has 6 heteroatoms. The molecular weight excluding hydrogens is 580 g/mol. The smallest absolute Gasteiger partial charge is 0.289 e. The average Bonchev–Trinajstić information content (AvgIpc) is 3.47. The van der Waals surface area contributed by atoms with Crippen molar-refractivity contribution in [1.29, 1.82) is 0 Å². The van der Waals surface area contributed by atoms with Crippen LogP contribution < -0.4 is 5.32 Å². The fourth-order valence-electron chi connectivity index (χ4n) is 8.33. The Morgan fingerprint density at radius 2 is 1.72 bits per heavy atom. The van der Waals surface area contributed by atoms with Crippen molar-refractivity contribution in [2.45, 2.75) is 104 Å². The first-order chi connectivity index (χ1) is 22.6. The maximum Gasteiger partial charge on any atom is 0.289 e. The Hall–Kier alpha value is -3.67. The zero-order valence-electron chi connectivity index (χ0n) is 29.3. The van der Waals surface area contributed by atoms with Crippen molar-refractivity contribution < 1.29 is 9.59 Å². The molecule has 2 aliphatic carbocycles. The van der Waals surface area contributed by atoms with Crippen molar-refractivity contribution in [3.8, 4) is 0 Å². The molecule has 2 aliphatic heterocycles. The fourth-order valence-corrected chi connectivity index (χ4v) is 8.33. The molecule has 2 unspecified atom stereocenters. The van der Waals surface area contributed by atoms with Crippen LogP contribution in [0.2, 0.25) is 0 Å². The minimum atomic E-state index is -0.532. The number of rotatable bonds is 5. The molecule has 0 spiro atoms. The highest BCUT2D eigenvalue weighted by Gasteiger charge is 2.40. The van der Waals surface area contributed by atoms with E-state index in [2.05, 4.69) is 69.2 Å². The first-order valence-electron chi connectivity index (χ1n) is 18.1. The van der Waals surface area contributed by atoms with Crippen LogP contribution in [-0.4, -0.2) is 59.2 Å². The number of carbonyl (C=O) groups is 2. The molecule has 0 radical (unpaired) electrons. The molecule has 2 atom stereocenters. The lowest BCUT2D eigenvalue weighted by atomic mass is 9.80. The molecule has 0 aromatic heterocycles. The molecule has 2 heterocycles. The first kappa shape index (κ1) is 33.2. The number of fused-ring (bicyclic) bond motifs is 1. The van der Waals surface area contributed by atoms with Crippen LogP contribution in [0.4, 0.5) is 0 Å². The van der Waals surface area contributed by atoms with Crippen LogP contribution in [0.3, 0.4) is 0 Å². The van der Waals surface area contributed by atoms with E-state index in [1.54, 1.807) is 11.1 Å². The number of nitrogens with one attached hydrogen (secondary N) is 1. The third kappa shape index (κ3) is 7.42. The van der Waals surface area contributed by atoms with E-state index in [4.69, 9.17) is 0 Å². The number of nitrogens with zero attached hydrogens (tertiary/aromatic N) is 3. The van der Waals surface area contributed by atoms with Crippen LogP contribution in [0.15, 0.2) is 70.9 Å². The molecule has 4 aliphatic rings. The fraction of sp³-hybridized carbons (Fsp3) is 0.537. The Labute approximate surface area is 282 Å². The van der Waals surface area contributed by atoms with E-state index in [1.807, 2.05) is 40.3 Å². The van der Waals surface area contributed by atoms with Crippen LogP contribution in [0, 0.1) is 11.8 Å². The number of hydrogen-bond donors (Lipinski definition) is 1. The molecule has 2 fully saturated rings. The van der Waals surface area contributed by atoms with Crippen LogP contribution in [0.5, 0.6) is 0 Å². The van der Waals surface area contributed by atoms with Gasteiger partial charge >= 0.3 is 0 Å². The largest absolute Gasteiger partial charge is 0.342 e. The lowest BCUT2D eigenvalue weighted by molar-refractivity contribution is -0.132. The Morgan fingerprint density at radius 3 is 2.47 bits per heavy atom. The van der Waals surface area contributed by atoms with Crippen LogP contribution >= 0.6 is 0 Å². The van der Waals surface area contributed by atoms with Crippen LogP contribution in [0.1, 0.15) is 119 Å². The maximum atomic E-state index is 14.0. The number of carbonyl (C=O) groups excluding carboxylic acids is 2. The number of allylic oxidation sites excluding steroid dienone is 2. The van der Waals surface area contributed by atoms with Gasteiger partial charge in [0.1, 0.15) is 0 Å². The summed E-state index contributed by atoms with van der Waals surface area (Å²) >= 11 is 0. The van der Waals surface area contributed by atoms with Gasteiger partial charge in [-0.3, -0.25) is 14.6 Å². The number of benzene rings is 2. The van der Waals surface area contributed by atoms with Crippen molar-refractivity contribution in [3.05, 3.63) is 88.1 Å². The zero-order valence-corrected chi connectivity index (χ0v) is 29.3. The summed E-state index contributed by atoms with van der Waals surface area (Å²) in [5.41, 5.74) is 8.53. The van der Waals surface area contributed by atoms with Crippen molar-refractivity contribution in [1.82, 2.24) is 15.1 Å². The van der Waals surface area contributed by atoms with E-state index in [1.165, 1.54) is 43.2 Å². The quantitative estimate of drug-likeness (QED) is 0.338. The molecule has 6 nitrogen and oxygen atoms in total. The molecular formula is C41H54N4O2. The maximum absolute atomic E-state index is 14.0. The third-order valence-electron chi connectivity index (χ3n) is 11.5. The lowest BCUT2D eigenvalue weighted by Crippen LogP contribution is -2.63. The van der Waals surface area contributed by atoms with Gasteiger partial charge in [-0.2, -0.15) is 0 Å². The zero-order chi connectivity index (χ0) is 33.1. The predicted octanol–water partition coefficient (Wildman–Crippen LogP) is 8.16. The Bertz CT molecular complexity index is 1560. The standard InChI is InChI=1S/C41H54N4O2/c1-28-15-16-33-17-18-34(25-37(33)30(3)29(2)23-36(28)24-31-11-9-10-12-31)39(46)44-21-22-45(41(4,5)27-44)40(47)38-42-20-19-35(26-43-38)32-13-7-6-8-14-32/h6-8,13-14,17-18,25-26,29-31H,9-12,15-16,19-24,27H2,1-5H3,(H,42,43). The van der Waals surface area contributed by atoms with Crippen LogP contribution in [-0.2, 0) is 11.2 Å². The summed E-state index contributed by atoms with van der Waals surface area (Å²) < 4.78 is 0. The van der Waals surface area contributed by atoms with Crippen molar-refractivity contribution in [3.63, 3.8) is 0 Å². The van der Waals surface area contributed by atoms with Gasteiger partial charge in [0, 0.05) is 37.9 Å². The molecule has 2 amide bonds. The predicted molar refractivity (Wildman–Crippen MR) is 192 cm³/mol. The van der Waals surface area contributed by atoms with E-state index in [0.717, 1.165) is 48.3 Å². The second kappa shape index (κ2) is 14.2. The van der Waals surface area contributed by atoms with Gasteiger partial charge in [-0.25, -0.2) is 0 Å². The Balaban J connectivity index is 1.13. The number of piperazine rings is 1. The monoisotopic (exact) mass is 634 g/mol. The summed E-state index contributed by atoms with van der Waals surface area (Å²) in [4.78, 5) is 36.3. The van der Waals surface area contributed by atoms with E-state index in [-0.39, 0.29) is 11.8 Å². The third-order valence-corrected chi connectivity index (χ3v) is 11.5. The summed E-state index contributed by atoms with van der Waals surface area (Å²) in [5.74, 6) is 2.11. The van der Waals surface area contributed by atoms with E-state index >= 15 is 0 Å². The number of aryl methyl sites for hydroxylation is 1. The normalized spacial score (nSPS) is 23.9. The molecule has 250 valence electrons. The molecule has 1 N–H and O–H groups in total. The number of aliphatic imine (C=N–C) groups is 1. The second-order valence-electron chi connectivity index (χ2n) is 15.3. The van der Waals surface area contributed by atoms with Gasteiger partial charge in [0.05, 0.1) is 5.54 Å². The molecule has 2 aromatic rings. The van der Waals surface area contributed by atoms with Gasteiger partial charge in [0.25, 0.3) is 11.8 Å². The average molecular weight is 635 g/mol. The van der Waals surface area contributed by atoms with Crippen LogP contribution in [0.25, 0.3) is 5.57 Å². The molecule has 6 rings (SSSR count). The minimum Gasteiger partial charge on any atom is -0.342 e. The van der Waals surface area contributed by atoms with Crippen molar-refractivity contribution in [2.75, 3.05) is 26.2 Å². The second-order valence-corrected chi connectivity index (χ2v) is 15.3. The Kier molecular flexibility index (Phi) is 10.1.